The Balaban J connectivity index is 1.44. The minimum absolute atomic E-state index is 0.00125. The number of hydrogen-bond acceptors (Lipinski definition) is 5. The van der Waals surface area contributed by atoms with Gasteiger partial charge < -0.3 is 14.8 Å². The number of aryl methyl sites for hydroxylation is 2. The van der Waals surface area contributed by atoms with Crippen molar-refractivity contribution in [1.29, 1.82) is 0 Å². The molecular weight excluding hydrogens is 396 g/mol. The number of carbonyl (C=O) groups excluding carboxylic acids is 2. The lowest BCUT2D eigenvalue weighted by molar-refractivity contribution is -0.131. The summed E-state index contributed by atoms with van der Waals surface area (Å²) in [6.07, 6.45) is 1.67. The highest BCUT2D eigenvalue weighted by molar-refractivity contribution is 5.77. The number of amides is 2. The van der Waals surface area contributed by atoms with Crippen molar-refractivity contribution in [3.8, 4) is 0 Å². The molecule has 2 aromatic heterocycles. The summed E-state index contributed by atoms with van der Waals surface area (Å²) in [7, 11) is 0. The zero-order chi connectivity index (χ0) is 22.3. The SMILES string of the molecule is CC(=O)N1CCc2c(nc([C@@H]3CCN(C(=O)C[C@@H](C)n4nc(C)cc4C)C3)[nH]c2=O)C1. The van der Waals surface area contributed by atoms with Crippen LogP contribution >= 0.6 is 0 Å². The minimum atomic E-state index is -0.119. The average Bonchev–Trinajstić information content (AvgIpc) is 3.34. The maximum Gasteiger partial charge on any atom is 0.254 e. The molecule has 2 atom stereocenters. The van der Waals surface area contributed by atoms with Crippen molar-refractivity contribution in [1.82, 2.24) is 29.5 Å². The zero-order valence-electron chi connectivity index (χ0n) is 18.6. The number of rotatable bonds is 4. The monoisotopic (exact) mass is 426 g/mol. The second-order valence-corrected chi connectivity index (χ2v) is 8.82. The average molecular weight is 427 g/mol. The van der Waals surface area contributed by atoms with E-state index in [1.807, 2.05) is 36.4 Å². The molecule has 0 aromatic carbocycles. The first kappa shape index (κ1) is 21.3. The molecule has 166 valence electrons. The Bertz CT molecular complexity index is 1070. The Hall–Kier alpha value is -2.97. The molecule has 31 heavy (non-hydrogen) atoms. The van der Waals surface area contributed by atoms with Crippen molar-refractivity contribution >= 4 is 11.8 Å². The lowest BCUT2D eigenvalue weighted by Crippen LogP contribution is -2.38. The number of nitrogens with zero attached hydrogens (tertiary/aromatic N) is 5. The van der Waals surface area contributed by atoms with Crippen LogP contribution < -0.4 is 5.56 Å². The quantitative estimate of drug-likeness (QED) is 0.797. The fraction of sp³-hybridized carbons (Fsp3) is 0.591. The molecule has 4 rings (SSSR count). The molecule has 9 heteroatoms. The Kier molecular flexibility index (Phi) is 5.68. The first-order valence-electron chi connectivity index (χ1n) is 10.9. The number of nitrogens with one attached hydrogen (secondary N) is 1. The van der Waals surface area contributed by atoms with Crippen LogP contribution in [0.2, 0.25) is 0 Å². The molecule has 0 radical (unpaired) electrons. The number of hydrogen-bond donors (Lipinski definition) is 1. The van der Waals surface area contributed by atoms with Gasteiger partial charge in [-0.05, 0) is 39.7 Å². The third-order valence-electron chi connectivity index (χ3n) is 6.40. The highest BCUT2D eigenvalue weighted by Gasteiger charge is 2.31. The first-order valence-corrected chi connectivity index (χ1v) is 10.9. The van der Waals surface area contributed by atoms with Crippen LogP contribution in [0.3, 0.4) is 0 Å². The Labute approximate surface area is 181 Å². The molecular formula is C22H30N6O3. The van der Waals surface area contributed by atoms with Gasteiger partial charge in [0.1, 0.15) is 5.82 Å². The second-order valence-electron chi connectivity index (χ2n) is 8.82. The Morgan fingerprint density at radius 3 is 2.71 bits per heavy atom. The Morgan fingerprint density at radius 1 is 1.26 bits per heavy atom. The van der Waals surface area contributed by atoms with Gasteiger partial charge in [0, 0.05) is 50.2 Å². The molecule has 0 unspecified atom stereocenters. The molecule has 0 spiro atoms. The maximum absolute atomic E-state index is 12.9. The molecule has 0 saturated carbocycles. The standard InChI is InChI=1S/C22H30N6O3/c1-13-9-14(2)28(25-13)15(3)10-20(30)27-7-5-17(11-27)21-23-19-12-26(16(4)29)8-6-18(19)22(31)24-21/h9,15,17H,5-8,10-12H2,1-4H3,(H,23,24,31)/t15-,17-/m1/s1. The van der Waals surface area contributed by atoms with Gasteiger partial charge in [-0.1, -0.05) is 0 Å². The topological polar surface area (TPSA) is 104 Å². The van der Waals surface area contributed by atoms with Crippen LogP contribution in [0.5, 0.6) is 0 Å². The maximum atomic E-state index is 12.9. The van der Waals surface area contributed by atoms with Gasteiger partial charge in [0.2, 0.25) is 11.8 Å². The number of carbonyl (C=O) groups is 2. The van der Waals surface area contributed by atoms with E-state index in [4.69, 9.17) is 4.98 Å². The van der Waals surface area contributed by atoms with Crippen LogP contribution in [0.15, 0.2) is 10.9 Å². The number of aromatic amines is 1. The molecule has 1 saturated heterocycles. The highest BCUT2D eigenvalue weighted by atomic mass is 16.2. The van der Waals surface area contributed by atoms with E-state index < -0.39 is 0 Å². The summed E-state index contributed by atoms with van der Waals surface area (Å²) in [5, 5.41) is 4.49. The smallest absolute Gasteiger partial charge is 0.254 e. The van der Waals surface area contributed by atoms with Crippen molar-refractivity contribution < 1.29 is 9.59 Å². The van der Waals surface area contributed by atoms with Crippen LogP contribution in [-0.2, 0) is 22.6 Å². The van der Waals surface area contributed by atoms with Gasteiger partial charge in [-0.3, -0.25) is 19.1 Å². The Morgan fingerprint density at radius 2 is 2.03 bits per heavy atom. The summed E-state index contributed by atoms with van der Waals surface area (Å²) in [4.78, 5) is 48.4. The molecule has 2 aliphatic heterocycles. The van der Waals surface area contributed by atoms with Gasteiger partial charge in [0.05, 0.1) is 24.0 Å². The number of H-pyrrole nitrogens is 1. The van der Waals surface area contributed by atoms with Gasteiger partial charge in [-0.15, -0.1) is 0 Å². The van der Waals surface area contributed by atoms with Crippen molar-refractivity contribution in [3.63, 3.8) is 0 Å². The molecule has 1 N–H and O–H groups in total. The summed E-state index contributed by atoms with van der Waals surface area (Å²) in [5.41, 5.74) is 3.23. The fourth-order valence-electron chi connectivity index (χ4n) is 4.69. The van der Waals surface area contributed by atoms with Gasteiger partial charge in [0.25, 0.3) is 5.56 Å². The van der Waals surface area contributed by atoms with Gasteiger partial charge >= 0.3 is 0 Å². The van der Waals surface area contributed by atoms with E-state index in [0.29, 0.717) is 56.1 Å². The molecule has 1 fully saturated rings. The predicted molar refractivity (Wildman–Crippen MR) is 115 cm³/mol. The number of likely N-dealkylation sites (tertiary alicyclic amines) is 1. The van der Waals surface area contributed by atoms with E-state index in [2.05, 4.69) is 10.1 Å². The molecule has 0 aliphatic carbocycles. The van der Waals surface area contributed by atoms with Gasteiger partial charge in [0.15, 0.2) is 0 Å². The fourth-order valence-corrected chi connectivity index (χ4v) is 4.69. The molecule has 2 aliphatic rings. The normalized spacial score (nSPS) is 19.4. The lowest BCUT2D eigenvalue weighted by atomic mass is 10.0. The van der Waals surface area contributed by atoms with Crippen LogP contribution in [0.4, 0.5) is 0 Å². The highest BCUT2D eigenvalue weighted by Crippen LogP contribution is 2.27. The van der Waals surface area contributed by atoms with E-state index in [1.54, 1.807) is 4.90 Å². The predicted octanol–water partition coefficient (Wildman–Crippen LogP) is 1.46. The van der Waals surface area contributed by atoms with Gasteiger partial charge in [-0.25, -0.2) is 4.98 Å². The molecule has 2 amide bonds. The summed E-state index contributed by atoms with van der Waals surface area (Å²) < 4.78 is 1.91. The van der Waals surface area contributed by atoms with Crippen molar-refractivity contribution in [2.75, 3.05) is 19.6 Å². The number of fused-ring (bicyclic) bond motifs is 1. The van der Waals surface area contributed by atoms with Gasteiger partial charge in [-0.2, -0.15) is 5.10 Å². The van der Waals surface area contributed by atoms with E-state index >= 15 is 0 Å². The summed E-state index contributed by atoms with van der Waals surface area (Å²) in [6, 6.07) is 2.00. The zero-order valence-corrected chi connectivity index (χ0v) is 18.6. The van der Waals surface area contributed by atoms with Crippen molar-refractivity contribution in [2.24, 2.45) is 0 Å². The van der Waals surface area contributed by atoms with E-state index in [1.165, 1.54) is 6.92 Å². The summed E-state index contributed by atoms with van der Waals surface area (Å²) >= 11 is 0. The van der Waals surface area contributed by atoms with Crippen molar-refractivity contribution in [2.45, 2.75) is 65.5 Å². The van der Waals surface area contributed by atoms with Crippen LogP contribution in [0.25, 0.3) is 0 Å². The van der Waals surface area contributed by atoms with E-state index in [-0.39, 0.29) is 29.3 Å². The summed E-state index contributed by atoms with van der Waals surface area (Å²) in [6.45, 7) is 9.60. The molecule has 0 bridgehead atoms. The van der Waals surface area contributed by atoms with E-state index in [9.17, 15) is 14.4 Å². The third kappa shape index (κ3) is 4.26. The lowest BCUT2D eigenvalue weighted by Gasteiger charge is -2.27. The van der Waals surface area contributed by atoms with Crippen LogP contribution in [-0.4, -0.2) is 61.0 Å². The van der Waals surface area contributed by atoms with Crippen molar-refractivity contribution in [3.05, 3.63) is 44.9 Å². The summed E-state index contributed by atoms with van der Waals surface area (Å²) in [5.74, 6) is 0.698. The third-order valence-corrected chi connectivity index (χ3v) is 6.40. The minimum Gasteiger partial charge on any atom is -0.342 e. The number of aromatic nitrogens is 4. The van der Waals surface area contributed by atoms with Crippen LogP contribution in [0.1, 0.15) is 67.1 Å². The molecule has 9 nitrogen and oxygen atoms in total. The molecule has 2 aromatic rings. The van der Waals surface area contributed by atoms with Crippen LogP contribution in [0, 0.1) is 13.8 Å². The first-order chi connectivity index (χ1) is 14.7. The van der Waals surface area contributed by atoms with E-state index in [0.717, 1.165) is 17.8 Å². The second kappa shape index (κ2) is 8.28. The largest absolute Gasteiger partial charge is 0.342 e. The molecule has 4 heterocycles.